The number of nitrogens with one attached hydrogen (secondary N) is 1. The summed E-state index contributed by atoms with van der Waals surface area (Å²) in [7, 11) is 1.65. The van der Waals surface area contributed by atoms with Gasteiger partial charge < -0.3 is 14.2 Å². The Kier molecular flexibility index (Phi) is 7.63. The highest BCUT2D eigenvalue weighted by molar-refractivity contribution is 6.00. The summed E-state index contributed by atoms with van der Waals surface area (Å²) in [4.78, 5) is 36.5. The Morgan fingerprint density at radius 3 is 2.58 bits per heavy atom. The zero-order chi connectivity index (χ0) is 22.4. The Bertz CT molecular complexity index is 1070. The van der Waals surface area contributed by atoms with Crippen LogP contribution >= 0.6 is 0 Å². The van der Waals surface area contributed by atoms with Crippen molar-refractivity contribution in [2.45, 2.75) is 39.0 Å². The second-order valence-corrected chi connectivity index (χ2v) is 7.04. The molecule has 0 radical (unpaired) electrons. The highest BCUT2D eigenvalue weighted by Gasteiger charge is 2.31. The van der Waals surface area contributed by atoms with Gasteiger partial charge in [-0.1, -0.05) is 11.8 Å². The Hall–Kier alpha value is -2.93. The fraction of sp³-hybridized carbons (Fsp3) is 0.500. The number of hydrogen-bond donors (Lipinski definition) is 1. The molecule has 31 heavy (non-hydrogen) atoms. The van der Waals surface area contributed by atoms with Gasteiger partial charge in [-0.05, 0) is 38.5 Å². The highest BCUT2D eigenvalue weighted by Crippen LogP contribution is 2.23. The predicted octanol–water partition coefficient (Wildman–Crippen LogP) is 1.08. The van der Waals surface area contributed by atoms with Gasteiger partial charge in [0.25, 0.3) is 0 Å². The number of nitrogens with zero attached hydrogens (tertiary/aromatic N) is 2. The number of aromatic nitrogens is 2. The van der Waals surface area contributed by atoms with E-state index in [0.29, 0.717) is 37.3 Å². The van der Waals surface area contributed by atoms with Crippen LogP contribution in [-0.2, 0) is 30.8 Å². The number of rotatable bonds is 8. The molecule has 1 unspecified atom stereocenters. The van der Waals surface area contributed by atoms with Gasteiger partial charge in [0.1, 0.15) is 12.6 Å². The predicted molar refractivity (Wildman–Crippen MR) is 113 cm³/mol. The molecule has 2 amide bonds. The zero-order valence-electron chi connectivity index (χ0n) is 18.0. The van der Waals surface area contributed by atoms with Crippen LogP contribution in [0.1, 0.15) is 38.3 Å². The molecule has 0 spiro atoms. The fourth-order valence-electron chi connectivity index (χ4n) is 3.53. The van der Waals surface area contributed by atoms with Crippen molar-refractivity contribution in [1.29, 1.82) is 0 Å². The lowest BCUT2D eigenvalue weighted by atomic mass is 10.1. The largest absolute Gasteiger partial charge is 0.363 e. The van der Waals surface area contributed by atoms with Gasteiger partial charge >= 0.3 is 5.69 Å². The lowest BCUT2D eigenvalue weighted by molar-refractivity contribution is -0.164. The fourth-order valence-corrected chi connectivity index (χ4v) is 3.53. The van der Waals surface area contributed by atoms with E-state index >= 15 is 0 Å². The molecule has 3 rings (SSSR count). The quantitative estimate of drug-likeness (QED) is 0.292. The van der Waals surface area contributed by atoms with E-state index in [9.17, 15) is 14.4 Å². The van der Waals surface area contributed by atoms with E-state index in [1.54, 1.807) is 25.2 Å². The van der Waals surface area contributed by atoms with Gasteiger partial charge in [0.2, 0.25) is 11.8 Å². The van der Waals surface area contributed by atoms with Crippen LogP contribution in [0.2, 0.25) is 0 Å². The Balaban J connectivity index is 1.74. The molecule has 2 aromatic rings. The lowest BCUT2D eigenvalue weighted by Crippen LogP contribution is -2.44. The van der Waals surface area contributed by atoms with E-state index in [2.05, 4.69) is 17.2 Å². The first-order chi connectivity index (χ1) is 15.0. The second-order valence-electron chi connectivity index (χ2n) is 7.04. The number of amides is 2. The summed E-state index contributed by atoms with van der Waals surface area (Å²) in [5, 5.41) is 2.30. The number of imide groups is 1. The van der Waals surface area contributed by atoms with Crippen LogP contribution < -0.4 is 11.0 Å². The van der Waals surface area contributed by atoms with Gasteiger partial charge in [-0.3, -0.25) is 24.0 Å². The van der Waals surface area contributed by atoms with Gasteiger partial charge in [-0.2, -0.15) is 0 Å². The molecule has 9 nitrogen and oxygen atoms in total. The maximum atomic E-state index is 12.8. The zero-order valence-corrected chi connectivity index (χ0v) is 18.0. The molecular weight excluding hydrogens is 402 g/mol. The number of carbonyl (C=O) groups excluding carboxylic acids is 2. The smallest absolute Gasteiger partial charge is 0.329 e. The van der Waals surface area contributed by atoms with Crippen LogP contribution in [0.15, 0.2) is 23.0 Å². The monoisotopic (exact) mass is 429 g/mol. The van der Waals surface area contributed by atoms with Crippen molar-refractivity contribution in [3.05, 3.63) is 34.2 Å². The highest BCUT2D eigenvalue weighted by atomic mass is 16.7. The number of ether oxygens (including phenoxy) is 3. The molecule has 0 aliphatic carbocycles. The number of benzene rings is 1. The molecule has 1 aliphatic heterocycles. The molecule has 9 heteroatoms. The third kappa shape index (κ3) is 5.22. The third-order valence-electron chi connectivity index (χ3n) is 4.98. The standard InChI is InChI=1S/C22H27N3O6/c1-4-30-20(31-5-2)14-29-12-6-7-15-8-9-16-18(13-15)24(3)22(28)25(16)17-10-11-19(26)23-21(17)27/h8-9,13,17,20H,4-5,10-12,14H2,1-3H3,(H,23,26,27). The summed E-state index contributed by atoms with van der Waals surface area (Å²) in [6, 6.07) is 4.66. The first-order valence-electron chi connectivity index (χ1n) is 10.3. The second kappa shape index (κ2) is 10.4. The van der Waals surface area contributed by atoms with Crippen LogP contribution in [0, 0.1) is 11.8 Å². The normalized spacial score (nSPS) is 16.5. The van der Waals surface area contributed by atoms with Crippen molar-refractivity contribution in [2.24, 2.45) is 7.05 Å². The average molecular weight is 429 g/mol. The van der Waals surface area contributed by atoms with Crippen molar-refractivity contribution in [2.75, 3.05) is 26.4 Å². The molecule has 1 atom stereocenters. The number of hydrogen-bond acceptors (Lipinski definition) is 6. The van der Waals surface area contributed by atoms with Gasteiger partial charge in [0.15, 0.2) is 6.29 Å². The Morgan fingerprint density at radius 2 is 1.90 bits per heavy atom. The third-order valence-corrected chi connectivity index (χ3v) is 4.98. The minimum Gasteiger partial charge on any atom is -0.363 e. The van der Waals surface area contributed by atoms with E-state index in [1.807, 2.05) is 13.8 Å². The van der Waals surface area contributed by atoms with Gasteiger partial charge in [0.05, 0.1) is 17.6 Å². The van der Waals surface area contributed by atoms with Gasteiger partial charge in [-0.25, -0.2) is 4.79 Å². The molecule has 1 aliphatic rings. The molecule has 1 fully saturated rings. The van der Waals surface area contributed by atoms with Crippen LogP contribution in [0.4, 0.5) is 0 Å². The van der Waals surface area contributed by atoms with E-state index in [-0.39, 0.29) is 24.6 Å². The van der Waals surface area contributed by atoms with Crippen molar-refractivity contribution in [3.63, 3.8) is 0 Å². The molecule has 1 saturated heterocycles. The van der Waals surface area contributed by atoms with Crippen molar-refractivity contribution in [3.8, 4) is 11.8 Å². The minimum atomic E-state index is -0.706. The van der Waals surface area contributed by atoms with Crippen LogP contribution in [-0.4, -0.2) is 53.7 Å². The van der Waals surface area contributed by atoms with Crippen LogP contribution in [0.3, 0.4) is 0 Å². The number of fused-ring (bicyclic) bond motifs is 1. The van der Waals surface area contributed by atoms with Crippen molar-refractivity contribution in [1.82, 2.24) is 14.5 Å². The molecule has 1 aromatic carbocycles. The summed E-state index contributed by atoms with van der Waals surface area (Å²) in [6.07, 6.45) is 0.0956. The maximum Gasteiger partial charge on any atom is 0.329 e. The number of aryl methyl sites for hydroxylation is 1. The summed E-state index contributed by atoms with van der Waals surface area (Å²) in [6.45, 7) is 5.36. The summed E-state index contributed by atoms with van der Waals surface area (Å²) in [5.74, 6) is 5.19. The number of imidazole rings is 1. The van der Waals surface area contributed by atoms with E-state index < -0.39 is 18.2 Å². The first-order valence-corrected chi connectivity index (χ1v) is 10.3. The van der Waals surface area contributed by atoms with E-state index in [1.165, 1.54) is 9.13 Å². The number of piperidine rings is 1. The molecule has 0 saturated carbocycles. The number of carbonyl (C=O) groups is 2. The molecule has 1 N–H and O–H groups in total. The molecular formula is C22H27N3O6. The molecule has 166 valence electrons. The van der Waals surface area contributed by atoms with Gasteiger partial charge in [0, 0.05) is 32.2 Å². The average Bonchev–Trinajstić information content (AvgIpc) is 2.98. The Labute approximate surface area is 180 Å². The first kappa shape index (κ1) is 22.7. The molecule has 1 aromatic heterocycles. The summed E-state index contributed by atoms with van der Waals surface area (Å²) < 4.78 is 19.2. The van der Waals surface area contributed by atoms with E-state index in [4.69, 9.17) is 14.2 Å². The topological polar surface area (TPSA) is 101 Å². The minimum absolute atomic E-state index is 0.205. The van der Waals surface area contributed by atoms with Crippen LogP contribution in [0.25, 0.3) is 11.0 Å². The van der Waals surface area contributed by atoms with Crippen LogP contribution in [0.5, 0.6) is 0 Å². The van der Waals surface area contributed by atoms with Gasteiger partial charge in [-0.15, -0.1) is 0 Å². The van der Waals surface area contributed by atoms with Crippen molar-refractivity contribution < 1.29 is 23.8 Å². The van der Waals surface area contributed by atoms with E-state index in [0.717, 1.165) is 5.56 Å². The summed E-state index contributed by atoms with van der Waals surface area (Å²) in [5.41, 5.74) is 1.70. The molecule has 0 bridgehead atoms. The summed E-state index contributed by atoms with van der Waals surface area (Å²) >= 11 is 0. The lowest BCUT2D eigenvalue weighted by Gasteiger charge is -2.21. The van der Waals surface area contributed by atoms with Crippen molar-refractivity contribution >= 4 is 22.8 Å². The maximum absolute atomic E-state index is 12.8. The molecule has 2 heterocycles. The SMILES string of the molecule is CCOC(COCC#Cc1ccc2c(c1)n(C)c(=O)n2C1CCC(=O)NC1=O)OCC. The Morgan fingerprint density at radius 1 is 1.16 bits per heavy atom.